The van der Waals surface area contributed by atoms with Crippen LogP contribution in [0.1, 0.15) is 47.0 Å². The van der Waals surface area contributed by atoms with Crippen molar-refractivity contribution in [2.75, 3.05) is 0 Å². The van der Waals surface area contributed by atoms with Gasteiger partial charge in [-0.1, -0.05) is 6.08 Å². The monoisotopic (exact) mass is 312 g/mol. The second-order valence-corrected chi connectivity index (χ2v) is 6.54. The molecule has 1 N–H and O–H groups in total. The topological polar surface area (TPSA) is 77.5 Å². The molecule has 6 heteroatoms. The van der Waals surface area contributed by atoms with Gasteiger partial charge in [0.1, 0.15) is 11.7 Å². The molecule has 2 rings (SSSR count). The van der Waals surface area contributed by atoms with Crippen molar-refractivity contribution in [3.05, 3.63) is 23.9 Å². The van der Waals surface area contributed by atoms with E-state index in [1.165, 1.54) is 6.08 Å². The molecule has 0 amide bonds. The van der Waals surface area contributed by atoms with Gasteiger partial charge in [0, 0.05) is 12.5 Å². The Bertz CT molecular complexity index is 474. The smallest absolute Gasteiger partial charge is 0.330 e. The summed E-state index contributed by atoms with van der Waals surface area (Å²) in [6, 6.07) is 0. The molecule has 0 saturated carbocycles. The molecule has 1 saturated heterocycles. The van der Waals surface area contributed by atoms with Crippen molar-refractivity contribution >= 4 is 5.97 Å². The van der Waals surface area contributed by atoms with Crippen molar-refractivity contribution < 1.29 is 28.8 Å². The third kappa shape index (κ3) is 5.26. The Kier molecular flexibility index (Phi) is 5.01. The molecule has 124 valence electrons. The molecule has 6 nitrogen and oxygen atoms in total. The van der Waals surface area contributed by atoms with E-state index in [1.54, 1.807) is 6.08 Å². The average Bonchev–Trinajstić information content (AvgIpc) is 3.10. The molecular weight excluding hydrogens is 288 g/mol. The van der Waals surface area contributed by atoms with Crippen LogP contribution in [0, 0.1) is 0 Å². The first-order chi connectivity index (χ1) is 10.2. The van der Waals surface area contributed by atoms with E-state index in [1.807, 2.05) is 27.7 Å². The molecule has 0 bridgehead atoms. The summed E-state index contributed by atoms with van der Waals surface area (Å²) in [4.78, 5) is 11.5. The number of esters is 1. The largest absolute Gasteiger partial charge is 0.506 e. The highest BCUT2D eigenvalue weighted by Gasteiger charge is 2.47. The number of aliphatic hydroxyl groups excluding tert-OH is 1. The minimum absolute atomic E-state index is 0.0283. The lowest BCUT2D eigenvalue weighted by molar-refractivity contribution is -0.148. The summed E-state index contributed by atoms with van der Waals surface area (Å²) in [5, 5.41) is 9.74. The second-order valence-electron chi connectivity index (χ2n) is 6.54. The summed E-state index contributed by atoms with van der Waals surface area (Å²) in [5.74, 6) is -0.105. The molecule has 0 aromatic rings. The van der Waals surface area contributed by atoms with Crippen molar-refractivity contribution in [2.24, 2.45) is 0 Å². The number of aliphatic hydroxyl groups is 1. The number of allylic oxidation sites excluding steroid dienone is 1. The number of carbonyl (C=O) groups excluding carboxylic acids is 1. The predicted molar refractivity (Wildman–Crippen MR) is 78.8 cm³/mol. The number of epoxide rings is 1. The van der Waals surface area contributed by atoms with Gasteiger partial charge in [-0.15, -0.1) is 0 Å². The van der Waals surface area contributed by atoms with E-state index in [-0.39, 0.29) is 36.2 Å². The standard InChI is InChI=1S/C16H24O6/c1-10(7-5-6-8-13(18)22-16(2,3)4)19-14-11(17)9-12-15(20-12)21-14/h6,8,10,12,15,17H,5,7,9H2,1-4H3/b8-6+/t10?,12-,15?/m1/s1. The third-order valence-electron chi connectivity index (χ3n) is 3.10. The lowest BCUT2D eigenvalue weighted by Gasteiger charge is -2.19. The minimum atomic E-state index is -0.483. The third-order valence-corrected chi connectivity index (χ3v) is 3.10. The molecule has 2 aliphatic heterocycles. The van der Waals surface area contributed by atoms with Gasteiger partial charge < -0.3 is 24.1 Å². The highest BCUT2D eigenvalue weighted by molar-refractivity contribution is 5.82. The van der Waals surface area contributed by atoms with Gasteiger partial charge in [-0.25, -0.2) is 4.79 Å². The van der Waals surface area contributed by atoms with Crippen molar-refractivity contribution in [3.63, 3.8) is 0 Å². The van der Waals surface area contributed by atoms with Crippen LogP contribution in [0.25, 0.3) is 0 Å². The first kappa shape index (κ1) is 16.7. The van der Waals surface area contributed by atoms with E-state index in [4.69, 9.17) is 18.9 Å². The number of carbonyl (C=O) groups is 1. The zero-order chi connectivity index (χ0) is 16.3. The van der Waals surface area contributed by atoms with Crippen LogP contribution < -0.4 is 0 Å². The molecule has 3 atom stereocenters. The maximum atomic E-state index is 11.5. The lowest BCUT2D eigenvalue weighted by atomic mass is 10.2. The van der Waals surface area contributed by atoms with Gasteiger partial charge in [0.05, 0.1) is 6.10 Å². The number of hydrogen-bond donors (Lipinski definition) is 1. The molecular formula is C16H24O6. The molecule has 0 aliphatic carbocycles. The molecule has 0 spiro atoms. The van der Waals surface area contributed by atoms with Crippen LogP contribution in [0.15, 0.2) is 23.9 Å². The molecule has 0 radical (unpaired) electrons. The summed E-state index contributed by atoms with van der Waals surface area (Å²) in [6.07, 6.45) is 4.52. The van der Waals surface area contributed by atoms with Gasteiger partial charge >= 0.3 is 11.9 Å². The lowest BCUT2D eigenvalue weighted by Crippen LogP contribution is -2.22. The van der Waals surface area contributed by atoms with Crippen molar-refractivity contribution in [1.82, 2.24) is 0 Å². The Balaban J connectivity index is 1.67. The zero-order valence-corrected chi connectivity index (χ0v) is 13.5. The maximum Gasteiger partial charge on any atom is 0.330 e. The summed E-state index contributed by atoms with van der Waals surface area (Å²) in [6.45, 7) is 7.36. The first-order valence-electron chi connectivity index (χ1n) is 7.55. The Morgan fingerprint density at radius 1 is 1.50 bits per heavy atom. The summed E-state index contributed by atoms with van der Waals surface area (Å²) in [7, 11) is 0. The summed E-state index contributed by atoms with van der Waals surface area (Å²) in [5.41, 5.74) is -0.483. The van der Waals surface area contributed by atoms with E-state index in [0.29, 0.717) is 19.3 Å². The predicted octanol–water partition coefficient (Wildman–Crippen LogP) is 2.94. The van der Waals surface area contributed by atoms with Gasteiger partial charge in [-0.3, -0.25) is 0 Å². The highest BCUT2D eigenvalue weighted by Crippen LogP contribution is 2.37. The Labute approximate surface area is 130 Å². The molecule has 0 aromatic carbocycles. The van der Waals surface area contributed by atoms with Crippen molar-refractivity contribution in [3.8, 4) is 0 Å². The Hall–Kier alpha value is -1.69. The molecule has 22 heavy (non-hydrogen) atoms. The van der Waals surface area contributed by atoms with Gasteiger partial charge in [0.2, 0.25) is 6.29 Å². The molecule has 2 heterocycles. The minimum Gasteiger partial charge on any atom is -0.506 e. The van der Waals surface area contributed by atoms with Gasteiger partial charge in [-0.2, -0.15) is 0 Å². The molecule has 0 aromatic heterocycles. The Morgan fingerprint density at radius 2 is 2.23 bits per heavy atom. The van der Waals surface area contributed by atoms with Crippen LogP contribution in [0.5, 0.6) is 0 Å². The maximum absolute atomic E-state index is 11.5. The number of ether oxygens (including phenoxy) is 4. The van der Waals surface area contributed by atoms with Gasteiger partial charge in [-0.05, 0) is 40.5 Å². The fourth-order valence-electron chi connectivity index (χ4n) is 2.01. The quantitative estimate of drug-likeness (QED) is 0.461. The highest BCUT2D eigenvalue weighted by atomic mass is 16.8. The van der Waals surface area contributed by atoms with E-state index < -0.39 is 5.60 Å². The van der Waals surface area contributed by atoms with Crippen LogP contribution in [0.4, 0.5) is 0 Å². The first-order valence-corrected chi connectivity index (χ1v) is 7.55. The Morgan fingerprint density at radius 3 is 2.91 bits per heavy atom. The van der Waals surface area contributed by atoms with Crippen LogP contribution in [-0.2, 0) is 23.7 Å². The van der Waals surface area contributed by atoms with Gasteiger partial charge in [0.25, 0.3) is 0 Å². The summed E-state index contributed by atoms with van der Waals surface area (Å²) >= 11 is 0. The molecule has 1 fully saturated rings. The number of hydrogen-bond acceptors (Lipinski definition) is 6. The van der Waals surface area contributed by atoms with E-state index in [0.717, 1.165) is 0 Å². The fraction of sp³-hybridized carbons (Fsp3) is 0.688. The van der Waals surface area contributed by atoms with E-state index in [2.05, 4.69) is 0 Å². The van der Waals surface area contributed by atoms with Crippen LogP contribution in [-0.4, -0.2) is 35.2 Å². The van der Waals surface area contributed by atoms with Crippen molar-refractivity contribution in [1.29, 1.82) is 0 Å². The second kappa shape index (κ2) is 6.60. The zero-order valence-electron chi connectivity index (χ0n) is 13.5. The summed E-state index contributed by atoms with van der Waals surface area (Å²) < 4.78 is 21.2. The molecule has 2 aliphatic rings. The number of fused-ring (bicyclic) bond motifs is 1. The van der Waals surface area contributed by atoms with Crippen molar-refractivity contribution in [2.45, 2.75) is 71.1 Å². The number of rotatable bonds is 6. The van der Waals surface area contributed by atoms with Gasteiger partial charge in [0.15, 0.2) is 5.76 Å². The average molecular weight is 312 g/mol. The van der Waals surface area contributed by atoms with Crippen LogP contribution in [0.3, 0.4) is 0 Å². The van der Waals surface area contributed by atoms with E-state index >= 15 is 0 Å². The SMILES string of the molecule is CC(CC/C=C/C(=O)OC(C)(C)C)OC1=C(O)C[C@H]2OC2O1. The molecule has 2 unspecified atom stereocenters. The van der Waals surface area contributed by atoms with Crippen LogP contribution in [0.2, 0.25) is 0 Å². The van der Waals surface area contributed by atoms with Crippen LogP contribution >= 0.6 is 0 Å². The van der Waals surface area contributed by atoms with E-state index in [9.17, 15) is 9.90 Å². The fourth-order valence-corrected chi connectivity index (χ4v) is 2.01. The normalized spacial score (nSPS) is 25.5.